The van der Waals surface area contributed by atoms with Crippen LogP contribution in [0.25, 0.3) is 21.7 Å². The fourth-order valence-electron chi connectivity index (χ4n) is 2.59. The molecule has 0 unspecified atom stereocenters. The second-order valence-electron chi connectivity index (χ2n) is 4.62. The van der Waals surface area contributed by atoms with Crippen molar-refractivity contribution in [3.8, 4) is 10.7 Å². The molecule has 0 bridgehead atoms. The van der Waals surface area contributed by atoms with E-state index in [0.717, 1.165) is 32.1 Å². The fourth-order valence-corrected chi connectivity index (χ4v) is 3.97. The van der Waals surface area contributed by atoms with Crippen LogP contribution >= 0.6 is 27.3 Å². The second kappa shape index (κ2) is 4.43. The molecular weight excluding hydrogens is 338 g/mol. The molecule has 4 rings (SSSR count). The highest BCUT2D eigenvalue weighted by Crippen LogP contribution is 2.34. The van der Waals surface area contributed by atoms with Gasteiger partial charge in [-0.05, 0) is 40.2 Å². The average Bonchev–Trinajstić information content (AvgIpc) is 2.97. The van der Waals surface area contributed by atoms with Gasteiger partial charge in [0.15, 0.2) is 5.82 Å². The van der Waals surface area contributed by atoms with Crippen molar-refractivity contribution in [2.24, 2.45) is 0 Å². The van der Waals surface area contributed by atoms with Gasteiger partial charge in [0.25, 0.3) is 5.91 Å². The number of hydrogen-bond acceptors (Lipinski definition) is 3. The number of benzene rings is 1. The summed E-state index contributed by atoms with van der Waals surface area (Å²) in [5.74, 6) is 0.910. The standard InChI is InChI=1S/C14H10BrN3OS/c15-11-5-4-10(20-11)13-17-9-3-1-2-8-12(9)18(13)7-6-16-14(8)19/h1-5H,6-7H2,(H,16,19). The van der Waals surface area contributed by atoms with Crippen molar-refractivity contribution in [3.63, 3.8) is 0 Å². The highest BCUT2D eigenvalue weighted by atomic mass is 79.9. The summed E-state index contributed by atoms with van der Waals surface area (Å²) in [5, 5.41) is 2.93. The molecule has 0 saturated carbocycles. The second-order valence-corrected chi connectivity index (χ2v) is 7.08. The molecule has 1 aromatic carbocycles. The highest BCUT2D eigenvalue weighted by Gasteiger charge is 2.22. The maximum atomic E-state index is 12.1. The smallest absolute Gasteiger partial charge is 0.253 e. The van der Waals surface area contributed by atoms with Crippen LogP contribution in [0.3, 0.4) is 0 Å². The molecular formula is C14H10BrN3OS. The van der Waals surface area contributed by atoms with E-state index in [1.165, 1.54) is 0 Å². The van der Waals surface area contributed by atoms with E-state index in [-0.39, 0.29) is 5.91 Å². The molecule has 1 aliphatic heterocycles. The minimum Gasteiger partial charge on any atom is -0.350 e. The van der Waals surface area contributed by atoms with Gasteiger partial charge >= 0.3 is 0 Å². The summed E-state index contributed by atoms with van der Waals surface area (Å²) in [6.07, 6.45) is 0. The molecule has 0 spiro atoms. The van der Waals surface area contributed by atoms with Crippen LogP contribution in [0.5, 0.6) is 0 Å². The number of nitrogens with one attached hydrogen (secondary N) is 1. The normalized spacial score (nSPS) is 14.3. The Morgan fingerprint density at radius 3 is 3.00 bits per heavy atom. The lowest BCUT2D eigenvalue weighted by molar-refractivity contribution is 0.0956. The minimum atomic E-state index is -0.0202. The van der Waals surface area contributed by atoms with Gasteiger partial charge in [-0.25, -0.2) is 4.98 Å². The molecule has 100 valence electrons. The van der Waals surface area contributed by atoms with Crippen LogP contribution < -0.4 is 5.32 Å². The zero-order valence-electron chi connectivity index (χ0n) is 10.4. The van der Waals surface area contributed by atoms with E-state index < -0.39 is 0 Å². The summed E-state index contributed by atoms with van der Waals surface area (Å²) >= 11 is 5.14. The molecule has 0 atom stereocenters. The molecule has 0 aliphatic carbocycles. The third-order valence-corrected chi connectivity index (χ3v) is 5.05. The predicted molar refractivity (Wildman–Crippen MR) is 83.1 cm³/mol. The van der Waals surface area contributed by atoms with E-state index in [9.17, 15) is 4.79 Å². The summed E-state index contributed by atoms with van der Waals surface area (Å²) in [7, 11) is 0. The molecule has 6 heteroatoms. The van der Waals surface area contributed by atoms with E-state index in [0.29, 0.717) is 12.1 Å². The highest BCUT2D eigenvalue weighted by molar-refractivity contribution is 9.11. The Kier molecular flexibility index (Phi) is 2.68. The monoisotopic (exact) mass is 347 g/mol. The molecule has 1 aliphatic rings. The van der Waals surface area contributed by atoms with E-state index in [1.807, 2.05) is 24.3 Å². The van der Waals surface area contributed by atoms with Gasteiger partial charge in [-0.1, -0.05) is 6.07 Å². The van der Waals surface area contributed by atoms with Crippen LogP contribution in [-0.2, 0) is 6.54 Å². The Morgan fingerprint density at radius 2 is 2.20 bits per heavy atom. The maximum Gasteiger partial charge on any atom is 0.253 e. The van der Waals surface area contributed by atoms with Gasteiger partial charge in [-0.2, -0.15) is 0 Å². The summed E-state index contributed by atoms with van der Waals surface area (Å²) < 4.78 is 3.22. The zero-order chi connectivity index (χ0) is 13.7. The Labute approximate surface area is 127 Å². The summed E-state index contributed by atoms with van der Waals surface area (Å²) in [6, 6.07) is 9.77. The van der Waals surface area contributed by atoms with Gasteiger partial charge in [0, 0.05) is 13.1 Å². The molecule has 2 aromatic heterocycles. The van der Waals surface area contributed by atoms with Crippen molar-refractivity contribution in [3.05, 3.63) is 39.7 Å². The molecule has 20 heavy (non-hydrogen) atoms. The lowest BCUT2D eigenvalue weighted by Crippen LogP contribution is -2.24. The van der Waals surface area contributed by atoms with E-state index >= 15 is 0 Å². The average molecular weight is 348 g/mol. The SMILES string of the molecule is O=C1NCCn2c(-c3ccc(Br)s3)nc3cccc1c32. The quantitative estimate of drug-likeness (QED) is 0.734. The van der Waals surface area contributed by atoms with Gasteiger partial charge in [-0.3, -0.25) is 4.79 Å². The zero-order valence-corrected chi connectivity index (χ0v) is 12.8. The first-order valence-electron chi connectivity index (χ1n) is 6.27. The number of rotatable bonds is 1. The number of carbonyl (C=O) groups excluding carboxylic acids is 1. The number of halogens is 1. The molecule has 1 amide bonds. The van der Waals surface area contributed by atoms with E-state index in [2.05, 4.69) is 31.9 Å². The van der Waals surface area contributed by atoms with Crippen molar-refractivity contribution >= 4 is 44.2 Å². The maximum absolute atomic E-state index is 12.1. The third-order valence-electron chi connectivity index (χ3n) is 3.43. The summed E-state index contributed by atoms with van der Waals surface area (Å²) in [4.78, 5) is 17.9. The summed E-state index contributed by atoms with van der Waals surface area (Å²) in [5.41, 5.74) is 2.51. The van der Waals surface area contributed by atoms with Gasteiger partial charge in [0.05, 0.1) is 25.3 Å². The third kappa shape index (κ3) is 1.72. The van der Waals surface area contributed by atoms with Crippen molar-refractivity contribution in [1.82, 2.24) is 14.9 Å². The molecule has 3 heterocycles. The van der Waals surface area contributed by atoms with Crippen LogP contribution in [0, 0.1) is 0 Å². The van der Waals surface area contributed by atoms with E-state index in [1.54, 1.807) is 11.3 Å². The summed E-state index contributed by atoms with van der Waals surface area (Å²) in [6.45, 7) is 1.36. The van der Waals surface area contributed by atoms with Crippen molar-refractivity contribution in [2.45, 2.75) is 6.54 Å². The predicted octanol–water partition coefficient (Wildman–Crippen LogP) is 3.27. The first-order chi connectivity index (χ1) is 9.74. The van der Waals surface area contributed by atoms with E-state index in [4.69, 9.17) is 4.98 Å². The topological polar surface area (TPSA) is 46.9 Å². The minimum absolute atomic E-state index is 0.0202. The number of thiophene rings is 1. The largest absolute Gasteiger partial charge is 0.350 e. The molecule has 0 saturated heterocycles. The number of nitrogens with zero attached hydrogens (tertiary/aromatic N) is 2. The first-order valence-corrected chi connectivity index (χ1v) is 7.88. The van der Waals surface area contributed by atoms with Crippen LogP contribution in [0.4, 0.5) is 0 Å². The lowest BCUT2D eigenvalue weighted by Gasteiger charge is -2.05. The van der Waals surface area contributed by atoms with Crippen molar-refractivity contribution < 1.29 is 4.79 Å². The van der Waals surface area contributed by atoms with Gasteiger partial charge < -0.3 is 9.88 Å². The van der Waals surface area contributed by atoms with Crippen molar-refractivity contribution in [2.75, 3.05) is 6.54 Å². The molecule has 0 fully saturated rings. The number of imidazole rings is 1. The Bertz CT molecular complexity index is 836. The van der Waals surface area contributed by atoms with Gasteiger partial charge in [0.1, 0.15) is 0 Å². The number of amides is 1. The molecule has 0 radical (unpaired) electrons. The van der Waals surface area contributed by atoms with Crippen LogP contribution in [-0.4, -0.2) is 22.0 Å². The first kappa shape index (κ1) is 12.1. The fraction of sp³-hybridized carbons (Fsp3) is 0.143. The number of aromatic nitrogens is 2. The Hall–Kier alpha value is -1.66. The molecule has 1 N–H and O–H groups in total. The Morgan fingerprint density at radius 1 is 1.30 bits per heavy atom. The number of hydrogen-bond donors (Lipinski definition) is 1. The number of carbonyl (C=O) groups is 1. The molecule has 4 nitrogen and oxygen atoms in total. The Balaban J connectivity index is 2.06. The van der Waals surface area contributed by atoms with Gasteiger partial charge in [0.2, 0.25) is 0 Å². The molecule has 3 aromatic rings. The lowest BCUT2D eigenvalue weighted by atomic mass is 10.2. The van der Waals surface area contributed by atoms with Crippen molar-refractivity contribution in [1.29, 1.82) is 0 Å². The van der Waals surface area contributed by atoms with Crippen LogP contribution in [0.15, 0.2) is 34.1 Å². The van der Waals surface area contributed by atoms with Crippen LogP contribution in [0.1, 0.15) is 10.4 Å². The number of para-hydroxylation sites is 1. The van der Waals surface area contributed by atoms with Crippen LogP contribution in [0.2, 0.25) is 0 Å². The van der Waals surface area contributed by atoms with Gasteiger partial charge in [-0.15, -0.1) is 11.3 Å².